The van der Waals surface area contributed by atoms with Gasteiger partial charge in [0.05, 0.1) is 12.5 Å². The van der Waals surface area contributed by atoms with Gasteiger partial charge in [-0.3, -0.25) is 4.79 Å². The maximum Gasteiger partial charge on any atom is 0.232 e. The van der Waals surface area contributed by atoms with Gasteiger partial charge in [0, 0.05) is 24.5 Å². The smallest absolute Gasteiger partial charge is 0.232 e. The van der Waals surface area contributed by atoms with Crippen molar-refractivity contribution in [1.29, 1.82) is 0 Å². The molecule has 2 N–H and O–H groups in total. The van der Waals surface area contributed by atoms with Crippen LogP contribution in [0.15, 0.2) is 24.3 Å². The number of nitrogen functional groups attached to an aromatic ring is 1. The highest BCUT2D eigenvalue weighted by Gasteiger charge is 2.27. The summed E-state index contributed by atoms with van der Waals surface area (Å²) in [6.45, 7) is 3.88. The van der Waals surface area contributed by atoms with Crippen LogP contribution in [0.25, 0.3) is 0 Å². The third-order valence-electron chi connectivity index (χ3n) is 3.07. The van der Waals surface area contributed by atoms with Crippen molar-refractivity contribution in [3.63, 3.8) is 0 Å². The Labute approximate surface area is 101 Å². The highest BCUT2D eigenvalue weighted by atomic mass is 16.5. The lowest BCUT2D eigenvalue weighted by Crippen LogP contribution is -2.36. The molecule has 1 saturated heterocycles. The highest BCUT2D eigenvalue weighted by molar-refractivity contribution is 5.95. The molecule has 0 aliphatic carbocycles. The zero-order chi connectivity index (χ0) is 12.3. The summed E-state index contributed by atoms with van der Waals surface area (Å²) in [5, 5.41) is 0. The number of nitrogens with zero attached hydrogens (tertiary/aromatic N) is 1. The minimum absolute atomic E-state index is 0.00695. The van der Waals surface area contributed by atoms with Crippen LogP contribution in [0.2, 0.25) is 0 Å². The standard InChI is InChI=1S/C13H18N2O2/c1-2-15(12-5-3-11(14)4-6-12)13(16)10-7-8-17-9-10/h3-6,10H,2,7-9,14H2,1H3. The number of rotatable bonds is 3. The lowest BCUT2D eigenvalue weighted by molar-refractivity contribution is -0.122. The minimum atomic E-state index is 0.00695. The van der Waals surface area contributed by atoms with Gasteiger partial charge in [0.2, 0.25) is 5.91 Å². The van der Waals surface area contributed by atoms with E-state index in [2.05, 4.69) is 0 Å². The van der Waals surface area contributed by atoms with Crippen LogP contribution in [-0.2, 0) is 9.53 Å². The zero-order valence-electron chi connectivity index (χ0n) is 10.1. The summed E-state index contributed by atoms with van der Waals surface area (Å²) in [5.74, 6) is 0.155. The number of hydrogen-bond acceptors (Lipinski definition) is 3. The number of amides is 1. The maximum atomic E-state index is 12.3. The second-order valence-electron chi connectivity index (χ2n) is 4.23. The van der Waals surface area contributed by atoms with Crippen LogP contribution in [0.1, 0.15) is 13.3 Å². The van der Waals surface area contributed by atoms with Crippen molar-refractivity contribution < 1.29 is 9.53 Å². The molecule has 1 heterocycles. The van der Waals surface area contributed by atoms with E-state index in [0.717, 1.165) is 12.1 Å². The molecule has 1 aromatic carbocycles. The van der Waals surface area contributed by atoms with E-state index in [1.807, 2.05) is 31.2 Å². The van der Waals surface area contributed by atoms with Crippen LogP contribution in [0, 0.1) is 5.92 Å². The fraction of sp³-hybridized carbons (Fsp3) is 0.462. The van der Waals surface area contributed by atoms with Crippen molar-refractivity contribution in [2.45, 2.75) is 13.3 Å². The number of benzene rings is 1. The fourth-order valence-electron chi connectivity index (χ4n) is 2.07. The van der Waals surface area contributed by atoms with Gasteiger partial charge >= 0.3 is 0 Å². The summed E-state index contributed by atoms with van der Waals surface area (Å²) in [6, 6.07) is 7.39. The van der Waals surface area contributed by atoms with E-state index < -0.39 is 0 Å². The summed E-state index contributed by atoms with van der Waals surface area (Å²) in [6.07, 6.45) is 0.824. The molecule has 0 spiro atoms. The predicted octanol–water partition coefficient (Wildman–Crippen LogP) is 1.66. The van der Waals surface area contributed by atoms with Gasteiger partial charge in [-0.05, 0) is 37.6 Å². The van der Waals surface area contributed by atoms with Crippen LogP contribution in [0.5, 0.6) is 0 Å². The summed E-state index contributed by atoms with van der Waals surface area (Å²) >= 11 is 0. The molecule has 0 aromatic heterocycles. The van der Waals surface area contributed by atoms with E-state index in [0.29, 0.717) is 25.4 Å². The molecular weight excluding hydrogens is 216 g/mol. The monoisotopic (exact) mass is 234 g/mol. The Hall–Kier alpha value is -1.55. The van der Waals surface area contributed by atoms with Gasteiger partial charge < -0.3 is 15.4 Å². The molecule has 1 fully saturated rings. The van der Waals surface area contributed by atoms with E-state index in [-0.39, 0.29) is 11.8 Å². The zero-order valence-corrected chi connectivity index (χ0v) is 10.1. The molecule has 4 heteroatoms. The van der Waals surface area contributed by atoms with Gasteiger partial charge in [0.15, 0.2) is 0 Å². The lowest BCUT2D eigenvalue weighted by atomic mass is 10.1. The molecule has 4 nitrogen and oxygen atoms in total. The molecular formula is C13H18N2O2. The Morgan fingerprint density at radius 1 is 1.47 bits per heavy atom. The van der Waals surface area contributed by atoms with Gasteiger partial charge in [0.25, 0.3) is 0 Å². The number of carbonyl (C=O) groups excluding carboxylic acids is 1. The van der Waals surface area contributed by atoms with Crippen LogP contribution in [-0.4, -0.2) is 25.7 Å². The SMILES string of the molecule is CCN(C(=O)C1CCOC1)c1ccc(N)cc1. The Morgan fingerprint density at radius 3 is 2.71 bits per heavy atom. The molecule has 0 saturated carbocycles. The minimum Gasteiger partial charge on any atom is -0.399 e. The van der Waals surface area contributed by atoms with Crippen molar-refractivity contribution >= 4 is 17.3 Å². The van der Waals surface area contributed by atoms with Gasteiger partial charge in [0.1, 0.15) is 0 Å². The first-order valence-corrected chi connectivity index (χ1v) is 5.97. The largest absolute Gasteiger partial charge is 0.399 e. The first-order chi connectivity index (χ1) is 8.22. The van der Waals surface area contributed by atoms with Gasteiger partial charge in [-0.15, -0.1) is 0 Å². The third kappa shape index (κ3) is 2.58. The number of carbonyl (C=O) groups is 1. The molecule has 0 radical (unpaired) electrons. The Kier molecular flexibility index (Phi) is 3.64. The lowest BCUT2D eigenvalue weighted by Gasteiger charge is -2.23. The van der Waals surface area contributed by atoms with E-state index in [1.54, 1.807) is 4.90 Å². The van der Waals surface area contributed by atoms with Crippen molar-refractivity contribution in [3.8, 4) is 0 Å². The molecule has 0 bridgehead atoms. The van der Waals surface area contributed by atoms with Crippen molar-refractivity contribution in [2.24, 2.45) is 5.92 Å². The highest BCUT2D eigenvalue weighted by Crippen LogP contribution is 2.22. The molecule has 92 valence electrons. The van der Waals surface area contributed by atoms with E-state index in [1.165, 1.54) is 0 Å². The van der Waals surface area contributed by atoms with Crippen LogP contribution in [0.3, 0.4) is 0 Å². The van der Waals surface area contributed by atoms with E-state index >= 15 is 0 Å². The summed E-state index contributed by atoms with van der Waals surface area (Å²) in [4.78, 5) is 14.1. The topological polar surface area (TPSA) is 55.6 Å². The Bertz CT molecular complexity index is 383. The van der Waals surface area contributed by atoms with Gasteiger partial charge in [-0.2, -0.15) is 0 Å². The molecule has 1 unspecified atom stereocenters. The number of anilines is 2. The van der Waals surface area contributed by atoms with Gasteiger partial charge in [-0.1, -0.05) is 0 Å². The average Bonchev–Trinajstić information content (AvgIpc) is 2.86. The van der Waals surface area contributed by atoms with E-state index in [4.69, 9.17) is 10.5 Å². The van der Waals surface area contributed by atoms with Crippen LogP contribution >= 0.6 is 0 Å². The summed E-state index contributed by atoms with van der Waals surface area (Å²) < 4.78 is 5.26. The Balaban J connectivity index is 2.14. The van der Waals surface area contributed by atoms with Crippen molar-refractivity contribution in [3.05, 3.63) is 24.3 Å². The second kappa shape index (κ2) is 5.19. The molecule has 2 rings (SSSR count). The first-order valence-electron chi connectivity index (χ1n) is 5.97. The summed E-state index contributed by atoms with van der Waals surface area (Å²) in [5.41, 5.74) is 7.25. The number of nitrogens with two attached hydrogens (primary N) is 1. The third-order valence-corrected chi connectivity index (χ3v) is 3.07. The first kappa shape index (κ1) is 11.9. The quantitative estimate of drug-likeness (QED) is 0.809. The fourth-order valence-corrected chi connectivity index (χ4v) is 2.07. The van der Waals surface area contributed by atoms with Crippen molar-refractivity contribution in [1.82, 2.24) is 0 Å². The molecule has 17 heavy (non-hydrogen) atoms. The number of hydrogen-bond donors (Lipinski definition) is 1. The van der Waals surface area contributed by atoms with Crippen molar-refractivity contribution in [2.75, 3.05) is 30.4 Å². The molecule has 1 aliphatic rings. The predicted molar refractivity (Wildman–Crippen MR) is 67.8 cm³/mol. The summed E-state index contributed by atoms with van der Waals surface area (Å²) in [7, 11) is 0. The van der Waals surface area contributed by atoms with Gasteiger partial charge in [-0.25, -0.2) is 0 Å². The average molecular weight is 234 g/mol. The maximum absolute atomic E-state index is 12.3. The molecule has 1 aliphatic heterocycles. The van der Waals surface area contributed by atoms with E-state index in [9.17, 15) is 4.79 Å². The second-order valence-corrected chi connectivity index (χ2v) is 4.23. The van der Waals surface area contributed by atoms with Crippen LogP contribution in [0.4, 0.5) is 11.4 Å². The normalized spacial score (nSPS) is 19.2. The molecule has 1 amide bonds. The molecule has 1 aromatic rings. The number of ether oxygens (including phenoxy) is 1. The molecule has 1 atom stereocenters. The van der Waals surface area contributed by atoms with Crippen LogP contribution < -0.4 is 10.6 Å². The Morgan fingerprint density at radius 2 is 2.18 bits per heavy atom.